The third-order valence-electron chi connectivity index (χ3n) is 6.92. The molecule has 7 nitrogen and oxygen atoms in total. The number of β-amino-alcohol motifs (C(OH)–C–C–N with tert-alkyl or cyclic N) is 2. The summed E-state index contributed by atoms with van der Waals surface area (Å²) in [5.74, 6) is 0.972. The fraction of sp³-hybridized carbons (Fsp3) is 0.370. The zero-order valence-electron chi connectivity index (χ0n) is 19.2. The standard InChI is InChI=1S/C27H29ClN2O5/c28-26-23(34-16-18-7-3-1-4-8-18)12-11-21(29-26)22(31)15-30-14-19-13-24(25(32)27(19,33)17-30)35-20-9-5-2-6-10-20/h1-12,19,22,24-25,31-33H,13-17H2/t19-,22?,24+,25+,27-/m1/s1. The predicted molar refractivity (Wildman–Crippen MR) is 131 cm³/mol. The van der Waals surface area contributed by atoms with Gasteiger partial charge in [-0.15, -0.1) is 0 Å². The molecule has 1 aliphatic carbocycles. The van der Waals surface area contributed by atoms with Gasteiger partial charge >= 0.3 is 0 Å². The highest BCUT2D eigenvalue weighted by Crippen LogP contribution is 2.43. The van der Waals surface area contributed by atoms with E-state index in [2.05, 4.69) is 4.98 Å². The quantitative estimate of drug-likeness (QED) is 0.412. The lowest BCUT2D eigenvalue weighted by Gasteiger charge is -2.29. The van der Waals surface area contributed by atoms with Crippen molar-refractivity contribution in [3.63, 3.8) is 0 Å². The van der Waals surface area contributed by atoms with E-state index in [-0.39, 0.29) is 24.2 Å². The molecule has 2 aromatic carbocycles. The van der Waals surface area contributed by atoms with Crippen LogP contribution in [0.15, 0.2) is 72.8 Å². The zero-order valence-corrected chi connectivity index (χ0v) is 20.0. The maximum Gasteiger partial charge on any atom is 0.171 e. The molecule has 0 amide bonds. The number of para-hydroxylation sites is 1. The molecule has 5 atom stereocenters. The summed E-state index contributed by atoms with van der Waals surface area (Å²) >= 11 is 6.31. The summed E-state index contributed by atoms with van der Waals surface area (Å²) in [5, 5.41) is 33.0. The third kappa shape index (κ3) is 5.15. The van der Waals surface area contributed by atoms with Gasteiger partial charge in [-0.1, -0.05) is 60.1 Å². The molecule has 2 heterocycles. The first-order valence-electron chi connectivity index (χ1n) is 11.8. The Morgan fingerprint density at radius 2 is 1.77 bits per heavy atom. The highest BCUT2D eigenvalue weighted by Gasteiger charge is 2.59. The molecule has 8 heteroatoms. The smallest absolute Gasteiger partial charge is 0.171 e. The number of aliphatic hydroxyl groups excluding tert-OH is 2. The summed E-state index contributed by atoms with van der Waals surface area (Å²) in [6.07, 6.45) is -1.84. The van der Waals surface area contributed by atoms with E-state index in [4.69, 9.17) is 21.1 Å². The van der Waals surface area contributed by atoms with Crippen molar-refractivity contribution < 1.29 is 24.8 Å². The number of hydrogen-bond donors (Lipinski definition) is 3. The van der Waals surface area contributed by atoms with Crippen LogP contribution in [0.1, 0.15) is 23.8 Å². The Balaban J connectivity index is 1.17. The Morgan fingerprint density at radius 3 is 2.46 bits per heavy atom. The molecule has 1 aromatic heterocycles. The molecule has 0 bridgehead atoms. The van der Waals surface area contributed by atoms with E-state index in [0.717, 1.165) is 5.56 Å². The third-order valence-corrected chi connectivity index (χ3v) is 7.19. The topological polar surface area (TPSA) is 95.3 Å². The van der Waals surface area contributed by atoms with Gasteiger partial charge in [0.15, 0.2) is 10.9 Å². The van der Waals surface area contributed by atoms with Crippen LogP contribution in [-0.2, 0) is 6.61 Å². The highest BCUT2D eigenvalue weighted by molar-refractivity contribution is 6.30. The summed E-state index contributed by atoms with van der Waals surface area (Å²) in [7, 11) is 0. The molecule has 2 aliphatic rings. The molecule has 0 radical (unpaired) electrons. The van der Waals surface area contributed by atoms with Gasteiger partial charge < -0.3 is 24.8 Å². The normalized spacial score (nSPS) is 26.9. The van der Waals surface area contributed by atoms with Crippen molar-refractivity contribution in [2.24, 2.45) is 5.92 Å². The molecular formula is C27H29ClN2O5. The van der Waals surface area contributed by atoms with Crippen LogP contribution in [0.5, 0.6) is 11.5 Å². The molecular weight excluding hydrogens is 468 g/mol. The minimum Gasteiger partial charge on any atom is -0.488 e. The second kappa shape index (κ2) is 10.1. The number of halogens is 1. The first-order valence-corrected chi connectivity index (χ1v) is 12.2. The second-order valence-corrected chi connectivity index (χ2v) is 9.71. The van der Waals surface area contributed by atoms with Crippen molar-refractivity contribution in [3.8, 4) is 11.5 Å². The summed E-state index contributed by atoms with van der Waals surface area (Å²) in [6, 6.07) is 22.5. The fourth-order valence-electron chi connectivity index (χ4n) is 5.09. The van der Waals surface area contributed by atoms with Gasteiger partial charge in [-0.25, -0.2) is 4.98 Å². The Kier molecular flexibility index (Phi) is 6.95. The molecule has 1 unspecified atom stereocenters. The lowest BCUT2D eigenvalue weighted by atomic mass is 9.93. The number of benzene rings is 2. The average Bonchev–Trinajstić information content (AvgIpc) is 3.29. The van der Waals surface area contributed by atoms with Gasteiger partial charge in [-0.05, 0) is 36.2 Å². The number of pyridine rings is 1. The van der Waals surface area contributed by atoms with Crippen molar-refractivity contribution in [3.05, 3.63) is 89.2 Å². The van der Waals surface area contributed by atoms with Gasteiger partial charge in [0.05, 0.1) is 5.69 Å². The number of hydrogen-bond acceptors (Lipinski definition) is 7. The molecule has 0 spiro atoms. The maximum absolute atomic E-state index is 11.2. The molecule has 5 rings (SSSR count). The van der Waals surface area contributed by atoms with Crippen LogP contribution in [0.25, 0.3) is 0 Å². The zero-order chi connectivity index (χ0) is 24.4. The van der Waals surface area contributed by atoms with Gasteiger partial charge in [0.2, 0.25) is 0 Å². The van der Waals surface area contributed by atoms with E-state index in [1.54, 1.807) is 12.1 Å². The van der Waals surface area contributed by atoms with Crippen molar-refractivity contribution in [2.45, 2.75) is 36.9 Å². The lowest BCUT2D eigenvalue weighted by molar-refractivity contribution is -0.0876. The molecule has 3 N–H and O–H groups in total. The van der Waals surface area contributed by atoms with E-state index >= 15 is 0 Å². The van der Waals surface area contributed by atoms with Gasteiger partial charge in [-0.3, -0.25) is 4.90 Å². The number of aliphatic hydroxyl groups is 3. The first kappa shape index (κ1) is 24.0. The Morgan fingerprint density at radius 1 is 1.06 bits per heavy atom. The van der Waals surface area contributed by atoms with Gasteiger partial charge in [0.1, 0.15) is 36.3 Å². The summed E-state index contributed by atoms with van der Waals surface area (Å²) in [4.78, 5) is 6.27. The summed E-state index contributed by atoms with van der Waals surface area (Å²) in [5.41, 5.74) is 0.167. The van der Waals surface area contributed by atoms with Crippen LogP contribution >= 0.6 is 11.6 Å². The Hall–Kier alpha value is -2.68. The number of nitrogens with zero attached hydrogens (tertiary/aromatic N) is 2. The molecule has 2 fully saturated rings. The molecule has 1 saturated heterocycles. The predicted octanol–water partition coefficient (Wildman–Crippen LogP) is 3.22. The molecule has 1 saturated carbocycles. The Bertz CT molecular complexity index is 1130. The minimum absolute atomic E-state index is 0.149. The SMILES string of the molecule is OC(CN1C[C@H]2C[C@H](Oc3ccccc3)[C@H](O)[C@@]2(O)C1)c1ccc(OCc2ccccc2)c(Cl)n1. The van der Waals surface area contributed by atoms with E-state index in [0.29, 0.717) is 36.8 Å². The van der Waals surface area contributed by atoms with Gasteiger partial charge in [-0.2, -0.15) is 0 Å². The molecule has 184 valence electrons. The second-order valence-electron chi connectivity index (χ2n) is 9.35. The van der Waals surface area contributed by atoms with Crippen LogP contribution in [-0.4, -0.2) is 62.6 Å². The van der Waals surface area contributed by atoms with E-state index in [1.807, 2.05) is 65.6 Å². The van der Waals surface area contributed by atoms with Crippen LogP contribution in [0.3, 0.4) is 0 Å². The van der Waals surface area contributed by atoms with Gasteiger partial charge in [0, 0.05) is 25.6 Å². The highest BCUT2D eigenvalue weighted by atomic mass is 35.5. The van der Waals surface area contributed by atoms with Crippen LogP contribution in [0, 0.1) is 5.92 Å². The number of rotatable bonds is 8. The largest absolute Gasteiger partial charge is 0.488 e. The number of fused-ring (bicyclic) bond motifs is 1. The maximum atomic E-state index is 11.2. The fourth-order valence-corrected chi connectivity index (χ4v) is 5.31. The van der Waals surface area contributed by atoms with Crippen molar-refractivity contribution >= 4 is 11.6 Å². The average molecular weight is 497 g/mol. The monoisotopic (exact) mass is 496 g/mol. The molecule has 35 heavy (non-hydrogen) atoms. The van der Waals surface area contributed by atoms with Crippen LogP contribution < -0.4 is 9.47 Å². The van der Waals surface area contributed by atoms with E-state index in [1.165, 1.54) is 0 Å². The summed E-state index contributed by atoms with van der Waals surface area (Å²) in [6.45, 7) is 1.43. The number of aromatic nitrogens is 1. The lowest BCUT2D eigenvalue weighted by Crippen LogP contribution is -2.49. The molecule has 1 aliphatic heterocycles. The van der Waals surface area contributed by atoms with Gasteiger partial charge in [0.25, 0.3) is 0 Å². The number of ether oxygens (including phenoxy) is 2. The first-order chi connectivity index (χ1) is 16.9. The van der Waals surface area contributed by atoms with Crippen molar-refractivity contribution in [1.29, 1.82) is 0 Å². The van der Waals surface area contributed by atoms with E-state index < -0.39 is 23.9 Å². The van der Waals surface area contributed by atoms with E-state index in [9.17, 15) is 15.3 Å². The Labute approximate surface area is 209 Å². The van der Waals surface area contributed by atoms with Crippen molar-refractivity contribution in [2.75, 3.05) is 19.6 Å². The molecule has 3 aromatic rings. The number of likely N-dealkylation sites (tertiary alicyclic amines) is 1. The van der Waals surface area contributed by atoms with Crippen molar-refractivity contribution in [1.82, 2.24) is 9.88 Å². The van der Waals surface area contributed by atoms with Crippen LogP contribution in [0.2, 0.25) is 5.15 Å². The summed E-state index contributed by atoms with van der Waals surface area (Å²) < 4.78 is 11.7. The van der Waals surface area contributed by atoms with Crippen LogP contribution in [0.4, 0.5) is 0 Å². The minimum atomic E-state index is -1.28.